The highest BCUT2D eigenvalue weighted by Crippen LogP contribution is 2.25. The van der Waals surface area contributed by atoms with Gasteiger partial charge < -0.3 is 19.6 Å². The zero-order valence-electron chi connectivity index (χ0n) is 15.7. The van der Waals surface area contributed by atoms with E-state index in [1.165, 1.54) is 0 Å². The van der Waals surface area contributed by atoms with Crippen molar-refractivity contribution in [2.75, 3.05) is 26.7 Å². The van der Waals surface area contributed by atoms with Gasteiger partial charge in [-0.3, -0.25) is 9.89 Å². The molecule has 0 saturated carbocycles. The molecule has 26 heavy (non-hydrogen) atoms. The molecular formula is C18H27Cl2N5O. The van der Waals surface area contributed by atoms with Crippen LogP contribution < -0.4 is 10.6 Å². The van der Waals surface area contributed by atoms with Crippen molar-refractivity contribution >= 4 is 29.2 Å². The van der Waals surface area contributed by atoms with Crippen molar-refractivity contribution < 1.29 is 4.42 Å². The minimum absolute atomic E-state index is 0.137. The van der Waals surface area contributed by atoms with E-state index >= 15 is 0 Å². The van der Waals surface area contributed by atoms with E-state index in [-0.39, 0.29) is 6.04 Å². The van der Waals surface area contributed by atoms with Crippen LogP contribution in [-0.4, -0.2) is 42.1 Å². The van der Waals surface area contributed by atoms with Crippen molar-refractivity contribution in [1.82, 2.24) is 20.1 Å². The highest BCUT2D eigenvalue weighted by Gasteiger charge is 2.21. The second kappa shape index (κ2) is 9.90. The van der Waals surface area contributed by atoms with Crippen molar-refractivity contribution in [3.63, 3.8) is 0 Å². The quantitative estimate of drug-likeness (QED) is 0.525. The molecule has 0 fully saturated rings. The first-order valence-electron chi connectivity index (χ1n) is 8.73. The average Bonchev–Trinajstić information content (AvgIpc) is 3.26. The van der Waals surface area contributed by atoms with E-state index in [0.717, 1.165) is 24.5 Å². The molecule has 0 bridgehead atoms. The maximum Gasteiger partial charge on any atom is 0.191 e. The second-order valence-corrected chi connectivity index (χ2v) is 6.66. The number of nitrogens with one attached hydrogen (secondary N) is 2. The number of guanidine groups is 1. The lowest BCUT2D eigenvalue weighted by molar-refractivity contribution is 0.193. The molecule has 0 amide bonds. The number of likely N-dealkylation sites (N-methyl/N-ethyl adjacent to an activating group) is 1. The van der Waals surface area contributed by atoms with Gasteiger partial charge in [0.15, 0.2) is 5.96 Å². The minimum Gasteiger partial charge on any atom is -0.468 e. The Morgan fingerprint density at radius 2 is 2.04 bits per heavy atom. The van der Waals surface area contributed by atoms with E-state index in [4.69, 9.17) is 27.6 Å². The predicted molar refractivity (Wildman–Crippen MR) is 108 cm³/mol. The molecule has 1 unspecified atom stereocenters. The summed E-state index contributed by atoms with van der Waals surface area (Å²) in [6, 6.07) is 5.92. The summed E-state index contributed by atoms with van der Waals surface area (Å²) in [5.74, 6) is 1.65. The van der Waals surface area contributed by atoms with Crippen molar-refractivity contribution in [3.05, 3.63) is 46.1 Å². The Morgan fingerprint density at radius 1 is 1.31 bits per heavy atom. The van der Waals surface area contributed by atoms with Crippen LogP contribution in [0.15, 0.2) is 33.9 Å². The Labute approximate surface area is 165 Å². The number of furan rings is 1. The number of aliphatic imine (C=N–C) groups is 1. The Hall–Kier alpha value is -1.63. The molecule has 2 aromatic rings. The molecule has 144 valence electrons. The van der Waals surface area contributed by atoms with Crippen LogP contribution in [0.25, 0.3) is 0 Å². The molecule has 1 atom stereocenters. The van der Waals surface area contributed by atoms with Gasteiger partial charge in [-0.15, -0.1) is 0 Å². The van der Waals surface area contributed by atoms with Gasteiger partial charge in [-0.2, -0.15) is 0 Å². The minimum atomic E-state index is 0.137. The van der Waals surface area contributed by atoms with Crippen LogP contribution in [0, 0.1) is 0 Å². The molecular weight excluding hydrogens is 373 g/mol. The maximum atomic E-state index is 6.12. The van der Waals surface area contributed by atoms with Crippen LogP contribution >= 0.6 is 23.2 Å². The number of hydrogen-bond acceptors (Lipinski definition) is 3. The third-order valence-corrected chi connectivity index (χ3v) is 5.31. The van der Waals surface area contributed by atoms with Crippen LogP contribution in [0.5, 0.6) is 0 Å². The lowest BCUT2D eigenvalue weighted by Crippen LogP contribution is -2.43. The Bertz CT molecular complexity index is 707. The zero-order chi connectivity index (χ0) is 19.1. The van der Waals surface area contributed by atoms with Crippen LogP contribution in [-0.2, 0) is 13.6 Å². The standard InChI is InChI=1S/C18H27Cl2N5O/c1-5-25(6-2)15(16-8-7-9-26-16)12-23-18(21-3)22-11-13-10-14(19)17(20)24(13)4/h7-10,15H,5-6,11-12H2,1-4H3,(H2,21,22,23). The van der Waals surface area contributed by atoms with Crippen molar-refractivity contribution in [2.24, 2.45) is 12.0 Å². The molecule has 0 radical (unpaired) electrons. The summed E-state index contributed by atoms with van der Waals surface area (Å²) in [6.07, 6.45) is 1.71. The van der Waals surface area contributed by atoms with Crippen LogP contribution in [0.1, 0.15) is 31.3 Å². The molecule has 6 nitrogen and oxygen atoms in total. The summed E-state index contributed by atoms with van der Waals surface area (Å²) < 4.78 is 7.49. The Balaban J connectivity index is 1.98. The fourth-order valence-corrected chi connectivity index (χ4v) is 3.32. The fraction of sp³-hybridized carbons (Fsp3) is 0.500. The summed E-state index contributed by atoms with van der Waals surface area (Å²) in [6.45, 7) is 7.43. The molecule has 0 aliphatic carbocycles. The first-order chi connectivity index (χ1) is 12.5. The van der Waals surface area contributed by atoms with E-state index in [1.54, 1.807) is 13.3 Å². The lowest BCUT2D eigenvalue weighted by Gasteiger charge is -2.28. The molecule has 2 N–H and O–H groups in total. The van der Waals surface area contributed by atoms with Gasteiger partial charge in [0.1, 0.15) is 10.9 Å². The number of hydrogen-bond donors (Lipinski definition) is 2. The van der Waals surface area contributed by atoms with Crippen molar-refractivity contribution in [2.45, 2.75) is 26.4 Å². The Kier molecular flexibility index (Phi) is 7.87. The normalized spacial score (nSPS) is 13.3. The smallest absolute Gasteiger partial charge is 0.191 e. The molecule has 0 aliphatic rings. The lowest BCUT2D eigenvalue weighted by atomic mass is 10.2. The van der Waals surface area contributed by atoms with Gasteiger partial charge in [-0.25, -0.2) is 0 Å². The molecule has 0 saturated heterocycles. The van der Waals surface area contributed by atoms with Crippen molar-refractivity contribution in [1.29, 1.82) is 0 Å². The molecule has 0 spiro atoms. The van der Waals surface area contributed by atoms with Gasteiger partial charge >= 0.3 is 0 Å². The predicted octanol–water partition coefficient (Wildman–Crippen LogP) is 3.67. The monoisotopic (exact) mass is 399 g/mol. The highest BCUT2D eigenvalue weighted by atomic mass is 35.5. The topological polar surface area (TPSA) is 57.7 Å². The first-order valence-corrected chi connectivity index (χ1v) is 9.48. The summed E-state index contributed by atoms with van der Waals surface area (Å²) in [5.41, 5.74) is 0.981. The van der Waals surface area contributed by atoms with E-state index in [1.807, 2.05) is 29.8 Å². The number of nitrogens with zero attached hydrogens (tertiary/aromatic N) is 3. The van der Waals surface area contributed by atoms with Crippen LogP contribution in [0.2, 0.25) is 10.2 Å². The Morgan fingerprint density at radius 3 is 2.54 bits per heavy atom. The summed E-state index contributed by atoms with van der Waals surface area (Å²) in [5, 5.41) is 7.76. The van der Waals surface area contributed by atoms with Gasteiger partial charge in [0, 0.05) is 26.3 Å². The van der Waals surface area contributed by atoms with E-state index in [9.17, 15) is 0 Å². The average molecular weight is 400 g/mol. The maximum absolute atomic E-state index is 6.12. The summed E-state index contributed by atoms with van der Waals surface area (Å²) >= 11 is 12.2. The largest absolute Gasteiger partial charge is 0.468 e. The van der Waals surface area contributed by atoms with E-state index in [2.05, 4.69) is 34.4 Å². The first kappa shape index (κ1) is 20.7. The molecule has 2 rings (SSSR count). The van der Waals surface area contributed by atoms with Gasteiger partial charge in [0.25, 0.3) is 0 Å². The van der Waals surface area contributed by atoms with Gasteiger partial charge in [-0.1, -0.05) is 37.0 Å². The third-order valence-electron chi connectivity index (χ3n) is 4.46. The zero-order valence-corrected chi connectivity index (χ0v) is 17.2. The van der Waals surface area contributed by atoms with E-state index in [0.29, 0.717) is 29.2 Å². The highest BCUT2D eigenvalue weighted by molar-refractivity contribution is 6.41. The molecule has 2 aromatic heterocycles. The number of halogens is 2. The van der Waals surface area contributed by atoms with Gasteiger partial charge in [0.2, 0.25) is 0 Å². The molecule has 0 aliphatic heterocycles. The van der Waals surface area contributed by atoms with E-state index < -0.39 is 0 Å². The third kappa shape index (κ3) is 4.96. The summed E-state index contributed by atoms with van der Waals surface area (Å²) in [7, 11) is 3.63. The van der Waals surface area contributed by atoms with Crippen LogP contribution in [0.4, 0.5) is 0 Å². The number of rotatable bonds is 8. The van der Waals surface area contributed by atoms with Crippen molar-refractivity contribution in [3.8, 4) is 0 Å². The molecule has 0 aromatic carbocycles. The second-order valence-electron chi connectivity index (χ2n) is 5.89. The molecule has 2 heterocycles. The summed E-state index contributed by atoms with van der Waals surface area (Å²) in [4.78, 5) is 6.64. The molecule has 8 heteroatoms. The van der Waals surface area contributed by atoms with Crippen LogP contribution in [0.3, 0.4) is 0 Å². The fourth-order valence-electron chi connectivity index (χ4n) is 2.90. The SMILES string of the molecule is CCN(CC)C(CNC(=NC)NCc1cc(Cl)c(Cl)n1C)c1ccco1. The number of aromatic nitrogens is 1. The van der Waals surface area contributed by atoms with Gasteiger partial charge in [0.05, 0.1) is 23.9 Å². The van der Waals surface area contributed by atoms with Gasteiger partial charge in [-0.05, 0) is 31.3 Å².